The average molecular weight is 493 g/mol. The highest BCUT2D eigenvalue weighted by molar-refractivity contribution is 5.96. The Bertz CT molecular complexity index is 1240. The number of benzene rings is 2. The number of ether oxygens (including phenoxy) is 1. The molecule has 1 aliphatic heterocycles. The highest BCUT2D eigenvalue weighted by Gasteiger charge is 2.30. The minimum atomic E-state index is -0.291. The number of aromatic nitrogens is 1. The van der Waals surface area contributed by atoms with Gasteiger partial charge < -0.3 is 29.9 Å². The summed E-state index contributed by atoms with van der Waals surface area (Å²) in [5, 5.41) is 17.0. The second-order valence-electron chi connectivity index (χ2n) is 9.78. The molecule has 0 radical (unpaired) electrons. The van der Waals surface area contributed by atoms with Crippen molar-refractivity contribution < 1.29 is 19.4 Å². The molecule has 2 aromatic carbocycles. The van der Waals surface area contributed by atoms with E-state index in [0.717, 1.165) is 16.5 Å². The Morgan fingerprint density at radius 3 is 2.78 bits per heavy atom. The molecule has 36 heavy (non-hydrogen) atoms. The highest BCUT2D eigenvalue weighted by Crippen LogP contribution is 2.29. The first kappa shape index (κ1) is 25.7. The van der Waals surface area contributed by atoms with Gasteiger partial charge in [0.05, 0.1) is 25.5 Å². The summed E-state index contributed by atoms with van der Waals surface area (Å²) >= 11 is 0. The lowest BCUT2D eigenvalue weighted by Gasteiger charge is -2.32. The van der Waals surface area contributed by atoms with E-state index < -0.39 is 0 Å². The van der Waals surface area contributed by atoms with Crippen molar-refractivity contribution in [2.45, 2.75) is 38.8 Å². The monoisotopic (exact) mass is 492 g/mol. The number of amides is 2. The minimum absolute atomic E-state index is 0.0569. The van der Waals surface area contributed by atoms with E-state index in [1.165, 1.54) is 0 Å². The maximum atomic E-state index is 13.2. The number of rotatable bonds is 7. The largest absolute Gasteiger partial charge is 0.488 e. The molecule has 2 amide bonds. The molecule has 3 aromatic rings. The first-order valence-electron chi connectivity index (χ1n) is 12.5. The van der Waals surface area contributed by atoms with Crippen LogP contribution in [0.4, 0.5) is 5.69 Å². The van der Waals surface area contributed by atoms with Gasteiger partial charge in [-0.3, -0.25) is 9.59 Å². The smallest absolute Gasteiger partial charge is 0.228 e. The van der Waals surface area contributed by atoms with E-state index in [1.807, 2.05) is 74.2 Å². The van der Waals surface area contributed by atoms with Gasteiger partial charge in [0.15, 0.2) is 0 Å². The Morgan fingerprint density at radius 2 is 2.03 bits per heavy atom. The van der Waals surface area contributed by atoms with E-state index in [4.69, 9.17) is 4.74 Å². The van der Waals surface area contributed by atoms with Crippen molar-refractivity contribution in [2.24, 2.45) is 13.0 Å². The first-order chi connectivity index (χ1) is 17.3. The number of para-hydroxylation sites is 1. The average Bonchev–Trinajstić information content (AvgIpc) is 3.19. The molecule has 192 valence electrons. The summed E-state index contributed by atoms with van der Waals surface area (Å²) in [5.74, 6) is 0.499. The third-order valence-corrected chi connectivity index (χ3v) is 6.94. The van der Waals surface area contributed by atoms with Gasteiger partial charge in [0.2, 0.25) is 11.8 Å². The molecule has 2 heterocycles. The van der Waals surface area contributed by atoms with Crippen molar-refractivity contribution in [1.82, 2.24) is 14.8 Å². The van der Waals surface area contributed by atoms with Gasteiger partial charge >= 0.3 is 0 Å². The number of nitrogens with one attached hydrogen (secondary N) is 2. The molecule has 3 atom stereocenters. The van der Waals surface area contributed by atoms with Crippen LogP contribution in [0.3, 0.4) is 0 Å². The van der Waals surface area contributed by atoms with Gasteiger partial charge in [0, 0.05) is 54.4 Å². The van der Waals surface area contributed by atoms with Gasteiger partial charge in [-0.2, -0.15) is 0 Å². The molecule has 0 fully saturated rings. The summed E-state index contributed by atoms with van der Waals surface area (Å²) in [7, 11) is 3.85. The number of aliphatic hydroxyl groups excluding tert-OH is 1. The standard InChI is InChI=1S/C28H36N4O4/c1-18-15-32(19(2)17-33)28(35)13-20-11-22(9-10-25(20)36-26(18)14-29-3)30-27(34)12-21-16-31(4)24-8-6-5-7-23(21)24/h5-11,16,18-19,26,29,33H,12-15,17H2,1-4H3,(H,30,34)/t18-,19+,26-/m1/s1. The van der Waals surface area contributed by atoms with Crippen LogP contribution >= 0.6 is 0 Å². The number of hydrogen-bond donors (Lipinski definition) is 3. The molecule has 0 saturated heterocycles. The Kier molecular flexibility index (Phi) is 7.96. The molecular formula is C28H36N4O4. The van der Waals surface area contributed by atoms with Crippen molar-refractivity contribution in [3.05, 3.63) is 59.8 Å². The number of likely N-dealkylation sites (N-methyl/N-ethyl adjacent to an activating group) is 1. The van der Waals surface area contributed by atoms with Crippen molar-refractivity contribution in [2.75, 3.05) is 32.1 Å². The zero-order chi connectivity index (χ0) is 25.8. The fourth-order valence-electron chi connectivity index (χ4n) is 4.90. The van der Waals surface area contributed by atoms with Crippen molar-refractivity contribution in [3.63, 3.8) is 0 Å². The van der Waals surface area contributed by atoms with Crippen LogP contribution < -0.4 is 15.4 Å². The fourth-order valence-corrected chi connectivity index (χ4v) is 4.90. The summed E-state index contributed by atoms with van der Waals surface area (Å²) in [6.07, 6.45) is 2.21. The third kappa shape index (κ3) is 5.55. The summed E-state index contributed by atoms with van der Waals surface area (Å²) in [6.45, 7) is 4.92. The summed E-state index contributed by atoms with van der Waals surface area (Å²) in [4.78, 5) is 27.9. The van der Waals surface area contributed by atoms with Crippen LogP contribution in [0.2, 0.25) is 0 Å². The maximum Gasteiger partial charge on any atom is 0.228 e. The Labute approximate surface area is 212 Å². The molecule has 0 saturated carbocycles. The van der Waals surface area contributed by atoms with Gasteiger partial charge in [0.1, 0.15) is 11.9 Å². The lowest BCUT2D eigenvalue weighted by atomic mass is 10.0. The molecule has 1 aromatic heterocycles. The van der Waals surface area contributed by atoms with E-state index in [2.05, 4.69) is 17.6 Å². The minimum Gasteiger partial charge on any atom is -0.488 e. The number of nitrogens with zero attached hydrogens (tertiary/aromatic N) is 2. The quantitative estimate of drug-likeness (QED) is 0.471. The summed E-state index contributed by atoms with van der Waals surface area (Å²) in [6, 6.07) is 13.2. The van der Waals surface area contributed by atoms with Crippen LogP contribution in [0.15, 0.2) is 48.7 Å². The normalized spacial score (nSPS) is 19.1. The number of carbonyl (C=O) groups excluding carboxylic acids is 2. The number of aliphatic hydroxyl groups is 1. The van der Waals surface area contributed by atoms with Gasteiger partial charge in [-0.1, -0.05) is 25.1 Å². The molecule has 8 nitrogen and oxygen atoms in total. The highest BCUT2D eigenvalue weighted by atomic mass is 16.5. The van der Waals surface area contributed by atoms with E-state index in [0.29, 0.717) is 30.1 Å². The molecule has 8 heteroatoms. The van der Waals surface area contributed by atoms with E-state index in [9.17, 15) is 14.7 Å². The topological polar surface area (TPSA) is 95.8 Å². The summed E-state index contributed by atoms with van der Waals surface area (Å²) < 4.78 is 8.39. The fraction of sp³-hybridized carbons (Fsp3) is 0.429. The summed E-state index contributed by atoms with van der Waals surface area (Å²) in [5.41, 5.74) is 3.38. The van der Waals surface area contributed by atoms with E-state index in [-0.39, 0.29) is 49.3 Å². The van der Waals surface area contributed by atoms with Crippen LogP contribution in [0.1, 0.15) is 25.0 Å². The predicted octanol–water partition coefficient (Wildman–Crippen LogP) is 2.73. The van der Waals surface area contributed by atoms with Gasteiger partial charge in [0.25, 0.3) is 0 Å². The van der Waals surface area contributed by atoms with E-state index in [1.54, 1.807) is 4.90 Å². The van der Waals surface area contributed by atoms with Crippen molar-refractivity contribution in [3.8, 4) is 5.75 Å². The second kappa shape index (κ2) is 11.1. The van der Waals surface area contributed by atoms with Gasteiger partial charge in [-0.15, -0.1) is 0 Å². The number of anilines is 1. The van der Waals surface area contributed by atoms with Crippen molar-refractivity contribution >= 4 is 28.4 Å². The molecule has 4 rings (SSSR count). The van der Waals surface area contributed by atoms with Crippen LogP contribution in [-0.2, 0) is 29.5 Å². The van der Waals surface area contributed by atoms with Crippen LogP contribution in [0.5, 0.6) is 5.75 Å². The first-order valence-corrected chi connectivity index (χ1v) is 12.5. The maximum absolute atomic E-state index is 13.2. The number of aryl methyl sites for hydroxylation is 1. The molecule has 0 bridgehead atoms. The van der Waals surface area contributed by atoms with Gasteiger partial charge in [-0.05, 0) is 43.8 Å². The van der Waals surface area contributed by atoms with Gasteiger partial charge in [-0.25, -0.2) is 0 Å². The lowest BCUT2D eigenvalue weighted by molar-refractivity contribution is -0.134. The molecule has 0 aliphatic carbocycles. The zero-order valence-electron chi connectivity index (χ0n) is 21.5. The molecule has 3 N–H and O–H groups in total. The zero-order valence-corrected chi connectivity index (χ0v) is 21.5. The SMILES string of the molecule is CNC[C@H]1Oc2ccc(NC(=O)Cc3cn(C)c4ccccc34)cc2CC(=O)N([C@@H](C)CO)C[C@H]1C. The van der Waals surface area contributed by atoms with E-state index >= 15 is 0 Å². The molecular weight excluding hydrogens is 456 g/mol. The van der Waals surface area contributed by atoms with Crippen LogP contribution in [0, 0.1) is 5.92 Å². The Balaban J connectivity index is 1.57. The predicted molar refractivity (Wildman–Crippen MR) is 141 cm³/mol. The lowest BCUT2D eigenvalue weighted by Crippen LogP contribution is -2.47. The van der Waals surface area contributed by atoms with Crippen LogP contribution in [-0.4, -0.2) is 65.3 Å². The second-order valence-corrected chi connectivity index (χ2v) is 9.78. The third-order valence-electron chi connectivity index (χ3n) is 6.94. The number of fused-ring (bicyclic) bond motifs is 2. The van der Waals surface area contributed by atoms with Crippen LogP contribution in [0.25, 0.3) is 10.9 Å². The number of carbonyl (C=O) groups is 2. The molecule has 0 spiro atoms. The Morgan fingerprint density at radius 1 is 1.25 bits per heavy atom. The molecule has 0 unspecified atom stereocenters. The number of hydrogen-bond acceptors (Lipinski definition) is 5. The van der Waals surface area contributed by atoms with Crippen molar-refractivity contribution in [1.29, 1.82) is 0 Å². The molecule has 1 aliphatic rings. The Hall–Kier alpha value is -3.36.